The van der Waals surface area contributed by atoms with Gasteiger partial charge in [-0.2, -0.15) is 0 Å². The van der Waals surface area contributed by atoms with Crippen LogP contribution in [0.3, 0.4) is 0 Å². The highest BCUT2D eigenvalue weighted by molar-refractivity contribution is 5.94. The molecule has 3 heterocycles. The molecule has 0 radical (unpaired) electrons. The Labute approximate surface area is 117 Å². The minimum Gasteiger partial charge on any atom is -0.338 e. The number of amides is 1. The van der Waals surface area contributed by atoms with Gasteiger partial charge in [-0.25, -0.2) is 4.98 Å². The van der Waals surface area contributed by atoms with Gasteiger partial charge in [0.15, 0.2) is 0 Å². The van der Waals surface area contributed by atoms with Gasteiger partial charge in [0.05, 0.1) is 0 Å². The van der Waals surface area contributed by atoms with E-state index in [0.29, 0.717) is 17.3 Å². The molecule has 20 heavy (non-hydrogen) atoms. The Morgan fingerprint density at radius 1 is 1.35 bits per heavy atom. The molecular formula is C14H17N5O. The van der Waals surface area contributed by atoms with Crippen LogP contribution in [0.1, 0.15) is 30.1 Å². The molecular weight excluding hydrogens is 254 g/mol. The summed E-state index contributed by atoms with van der Waals surface area (Å²) in [6.07, 6.45) is 7.07. The predicted octanol–water partition coefficient (Wildman–Crippen LogP) is 1.53. The third-order valence-electron chi connectivity index (χ3n) is 3.62. The summed E-state index contributed by atoms with van der Waals surface area (Å²) in [7, 11) is 0. The van der Waals surface area contributed by atoms with Gasteiger partial charge in [0, 0.05) is 24.8 Å². The van der Waals surface area contributed by atoms with Gasteiger partial charge in [0.2, 0.25) is 0 Å². The SMILES string of the molecule is C[C@H]1CCCN(C(=O)c2ccnc(-n3cnnc3)c2)C1. The molecule has 0 N–H and O–H groups in total. The zero-order valence-corrected chi connectivity index (χ0v) is 11.4. The van der Waals surface area contributed by atoms with Crippen LogP contribution in [-0.4, -0.2) is 43.6 Å². The molecule has 6 heteroatoms. The van der Waals surface area contributed by atoms with Crippen molar-refractivity contribution in [3.8, 4) is 5.82 Å². The number of nitrogens with zero attached hydrogens (tertiary/aromatic N) is 5. The van der Waals surface area contributed by atoms with Crippen molar-refractivity contribution in [3.63, 3.8) is 0 Å². The van der Waals surface area contributed by atoms with E-state index < -0.39 is 0 Å². The van der Waals surface area contributed by atoms with Crippen molar-refractivity contribution >= 4 is 5.91 Å². The number of likely N-dealkylation sites (tertiary alicyclic amines) is 1. The Bertz CT molecular complexity index is 595. The Kier molecular flexibility index (Phi) is 3.45. The van der Waals surface area contributed by atoms with E-state index in [4.69, 9.17) is 0 Å². The normalized spacial score (nSPS) is 19.1. The van der Waals surface area contributed by atoms with Crippen LogP contribution in [0.2, 0.25) is 0 Å². The molecule has 0 bridgehead atoms. The number of rotatable bonds is 2. The summed E-state index contributed by atoms with van der Waals surface area (Å²) in [5, 5.41) is 7.50. The van der Waals surface area contributed by atoms with Crippen LogP contribution < -0.4 is 0 Å². The highest BCUT2D eigenvalue weighted by Crippen LogP contribution is 2.18. The number of pyridine rings is 1. The van der Waals surface area contributed by atoms with Crippen LogP contribution in [0.4, 0.5) is 0 Å². The van der Waals surface area contributed by atoms with Crippen molar-refractivity contribution in [2.45, 2.75) is 19.8 Å². The Morgan fingerprint density at radius 3 is 2.90 bits per heavy atom. The molecule has 1 atom stereocenters. The van der Waals surface area contributed by atoms with E-state index in [1.54, 1.807) is 35.6 Å². The lowest BCUT2D eigenvalue weighted by Crippen LogP contribution is -2.39. The molecule has 0 unspecified atom stereocenters. The second-order valence-corrected chi connectivity index (χ2v) is 5.27. The van der Waals surface area contributed by atoms with Gasteiger partial charge in [0.25, 0.3) is 5.91 Å². The summed E-state index contributed by atoms with van der Waals surface area (Å²) < 4.78 is 1.69. The van der Waals surface area contributed by atoms with Gasteiger partial charge in [-0.05, 0) is 30.9 Å². The standard InChI is InChI=1S/C14H17N5O/c1-11-3-2-6-18(8-11)14(20)12-4-5-15-13(7-12)19-9-16-17-10-19/h4-5,7,9-11H,2-3,6,8H2,1H3/t11-/m0/s1. The Balaban J connectivity index is 1.83. The number of hydrogen-bond acceptors (Lipinski definition) is 4. The summed E-state index contributed by atoms with van der Waals surface area (Å²) in [6, 6.07) is 3.54. The van der Waals surface area contributed by atoms with E-state index >= 15 is 0 Å². The molecule has 1 saturated heterocycles. The zero-order chi connectivity index (χ0) is 13.9. The van der Waals surface area contributed by atoms with Crippen molar-refractivity contribution < 1.29 is 4.79 Å². The first-order chi connectivity index (χ1) is 9.74. The number of piperidine rings is 1. The lowest BCUT2D eigenvalue weighted by molar-refractivity contribution is 0.0683. The maximum atomic E-state index is 12.5. The fourth-order valence-corrected chi connectivity index (χ4v) is 2.57. The minimum atomic E-state index is 0.0771. The minimum absolute atomic E-state index is 0.0771. The molecule has 6 nitrogen and oxygen atoms in total. The lowest BCUT2D eigenvalue weighted by atomic mass is 9.99. The molecule has 1 aliphatic heterocycles. The van der Waals surface area contributed by atoms with Crippen molar-refractivity contribution in [1.82, 2.24) is 24.6 Å². The Morgan fingerprint density at radius 2 is 2.15 bits per heavy atom. The van der Waals surface area contributed by atoms with Gasteiger partial charge < -0.3 is 4.90 Å². The molecule has 1 aliphatic rings. The van der Waals surface area contributed by atoms with E-state index in [9.17, 15) is 4.79 Å². The van der Waals surface area contributed by atoms with Crippen LogP contribution >= 0.6 is 0 Å². The van der Waals surface area contributed by atoms with Crippen LogP contribution in [0.25, 0.3) is 5.82 Å². The molecule has 0 saturated carbocycles. The van der Waals surface area contributed by atoms with Crippen molar-refractivity contribution in [3.05, 3.63) is 36.5 Å². The monoisotopic (exact) mass is 271 g/mol. The maximum Gasteiger partial charge on any atom is 0.254 e. The van der Waals surface area contributed by atoms with E-state index in [-0.39, 0.29) is 5.91 Å². The van der Waals surface area contributed by atoms with E-state index in [1.165, 1.54) is 6.42 Å². The topological polar surface area (TPSA) is 63.9 Å². The van der Waals surface area contributed by atoms with Gasteiger partial charge in [-0.1, -0.05) is 6.92 Å². The molecule has 2 aromatic rings. The second kappa shape index (κ2) is 5.40. The lowest BCUT2D eigenvalue weighted by Gasteiger charge is -2.31. The van der Waals surface area contributed by atoms with Crippen LogP contribution in [0.5, 0.6) is 0 Å². The largest absolute Gasteiger partial charge is 0.338 e. The van der Waals surface area contributed by atoms with E-state index in [0.717, 1.165) is 19.5 Å². The summed E-state index contributed by atoms with van der Waals surface area (Å²) in [4.78, 5) is 18.7. The van der Waals surface area contributed by atoms with Gasteiger partial charge in [-0.15, -0.1) is 10.2 Å². The van der Waals surface area contributed by atoms with Crippen molar-refractivity contribution in [1.29, 1.82) is 0 Å². The quantitative estimate of drug-likeness (QED) is 0.831. The van der Waals surface area contributed by atoms with E-state index in [1.807, 2.05) is 4.90 Å². The zero-order valence-electron chi connectivity index (χ0n) is 11.4. The molecule has 0 spiro atoms. The van der Waals surface area contributed by atoms with Crippen LogP contribution in [-0.2, 0) is 0 Å². The molecule has 1 amide bonds. The summed E-state index contributed by atoms with van der Waals surface area (Å²) in [5.74, 6) is 1.31. The highest BCUT2D eigenvalue weighted by Gasteiger charge is 2.22. The van der Waals surface area contributed by atoms with Gasteiger partial charge >= 0.3 is 0 Å². The number of carbonyl (C=O) groups excluding carboxylic acids is 1. The third-order valence-corrected chi connectivity index (χ3v) is 3.62. The number of carbonyl (C=O) groups is 1. The summed E-state index contributed by atoms with van der Waals surface area (Å²) in [5.41, 5.74) is 0.665. The first-order valence-corrected chi connectivity index (χ1v) is 6.84. The number of hydrogen-bond donors (Lipinski definition) is 0. The molecule has 2 aromatic heterocycles. The smallest absolute Gasteiger partial charge is 0.254 e. The third kappa shape index (κ3) is 2.54. The van der Waals surface area contributed by atoms with Crippen LogP contribution in [0.15, 0.2) is 31.0 Å². The maximum absolute atomic E-state index is 12.5. The van der Waals surface area contributed by atoms with E-state index in [2.05, 4.69) is 22.1 Å². The summed E-state index contributed by atoms with van der Waals surface area (Å²) in [6.45, 7) is 3.87. The average Bonchev–Trinajstić information content (AvgIpc) is 3.01. The van der Waals surface area contributed by atoms with Crippen LogP contribution in [0, 0.1) is 5.92 Å². The fraction of sp³-hybridized carbons (Fsp3) is 0.429. The first kappa shape index (κ1) is 12.8. The fourth-order valence-electron chi connectivity index (χ4n) is 2.57. The molecule has 104 valence electrons. The first-order valence-electron chi connectivity index (χ1n) is 6.84. The number of aromatic nitrogens is 4. The predicted molar refractivity (Wildman–Crippen MR) is 73.5 cm³/mol. The van der Waals surface area contributed by atoms with Crippen molar-refractivity contribution in [2.24, 2.45) is 5.92 Å². The molecule has 3 rings (SSSR count). The Hall–Kier alpha value is -2.24. The second-order valence-electron chi connectivity index (χ2n) is 5.27. The molecule has 0 aliphatic carbocycles. The highest BCUT2D eigenvalue weighted by atomic mass is 16.2. The average molecular weight is 271 g/mol. The van der Waals surface area contributed by atoms with Gasteiger partial charge in [-0.3, -0.25) is 9.36 Å². The van der Waals surface area contributed by atoms with Crippen molar-refractivity contribution in [2.75, 3.05) is 13.1 Å². The van der Waals surface area contributed by atoms with Gasteiger partial charge in [0.1, 0.15) is 18.5 Å². The molecule has 1 fully saturated rings. The molecule has 0 aromatic carbocycles. The summed E-state index contributed by atoms with van der Waals surface area (Å²) >= 11 is 0.